The fourth-order valence-electron chi connectivity index (χ4n) is 2.76. The maximum absolute atomic E-state index is 12.2. The van der Waals surface area contributed by atoms with Crippen LogP contribution in [0, 0.1) is 0 Å². The van der Waals surface area contributed by atoms with Crippen molar-refractivity contribution in [1.29, 1.82) is 0 Å². The molecule has 1 aromatic heterocycles. The number of amides is 1. The van der Waals surface area contributed by atoms with Gasteiger partial charge >= 0.3 is 0 Å². The van der Waals surface area contributed by atoms with Gasteiger partial charge in [-0.25, -0.2) is 0 Å². The Morgan fingerprint density at radius 3 is 2.69 bits per heavy atom. The Morgan fingerprint density at radius 1 is 1.24 bits per heavy atom. The number of carbonyl (C=O) groups is 1. The molecular formula is C21H23BrN4O2S. The molecule has 0 saturated carbocycles. The summed E-state index contributed by atoms with van der Waals surface area (Å²) in [5.74, 6) is 1.64. The first kappa shape index (κ1) is 21.4. The number of aromatic nitrogens is 3. The lowest BCUT2D eigenvalue weighted by atomic mass is 10.2. The minimum Gasteiger partial charge on any atom is -0.483 e. The molecule has 152 valence electrons. The number of ether oxygens (including phenoxy) is 1. The Morgan fingerprint density at radius 2 is 2.00 bits per heavy atom. The van der Waals surface area contributed by atoms with Crippen molar-refractivity contribution in [3.05, 3.63) is 64.4 Å². The zero-order chi connectivity index (χ0) is 20.8. The molecule has 3 aromatic rings. The van der Waals surface area contributed by atoms with Crippen LogP contribution in [0.2, 0.25) is 0 Å². The second-order valence-electron chi connectivity index (χ2n) is 6.50. The molecule has 0 aliphatic heterocycles. The van der Waals surface area contributed by atoms with Crippen LogP contribution < -0.4 is 10.1 Å². The van der Waals surface area contributed by atoms with E-state index < -0.39 is 0 Å². The van der Waals surface area contributed by atoms with Gasteiger partial charge in [-0.3, -0.25) is 4.79 Å². The van der Waals surface area contributed by atoms with Crippen molar-refractivity contribution in [1.82, 2.24) is 14.8 Å². The average Bonchev–Trinajstić information content (AvgIpc) is 3.07. The number of benzene rings is 2. The highest BCUT2D eigenvalue weighted by Crippen LogP contribution is 2.24. The lowest BCUT2D eigenvalue weighted by Gasteiger charge is -2.14. The number of hydrogen-bond donors (Lipinski definition) is 1. The number of aryl methyl sites for hydroxylation is 1. The summed E-state index contributed by atoms with van der Waals surface area (Å²) >= 11 is 4.73. The van der Waals surface area contributed by atoms with Crippen LogP contribution in [0.4, 0.5) is 5.69 Å². The standard InChI is InChI=1S/C21H23BrN4O2S/c1-4-15-8-10-18(11-9-15)28-14(2)20-24-25-21(26(20)3)29-13-19(27)23-17-7-5-6-16(22)12-17/h5-12,14H,4,13H2,1-3H3,(H,23,27)/t14-/m0/s1. The Kier molecular flexibility index (Phi) is 7.33. The van der Waals surface area contributed by atoms with Crippen LogP contribution in [-0.2, 0) is 18.3 Å². The lowest BCUT2D eigenvalue weighted by molar-refractivity contribution is -0.113. The lowest BCUT2D eigenvalue weighted by Crippen LogP contribution is -2.14. The Balaban J connectivity index is 1.57. The summed E-state index contributed by atoms with van der Waals surface area (Å²) in [6.07, 6.45) is 0.735. The van der Waals surface area contributed by atoms with E-state index in [1.54, 1.807) is 0 Å². The van der Waals surface area contributed by atoms with E-state index in [1.165, 1.54) is 17.3 Å². The predicted octanol–water partition coefficient (Wildman–Crippen LogP) is 5.01. The molecule has 1 amide bonds. The van der Waals surface area contributed by atoms with Crippen LogP contribution in [0.5, 0.6) is 5.75 Å². The maximum atomic E-state index is 12.2. The molecule has 0 saturated heterocycles. The number of hydrogen-bond acceptors (Lipinski definition) is 5. The topological polar surface area (TPSA) is 69.0 Å². The normalized spacial score (nSPS) is 11.9. The first-order valence-electron chi connectivity index (χ1n) is 9.29. The van der Waals surface area contributed by atoms with Crippen molar-refractivity contribution < 1.29 is 9.53 Å². The molecule has 1 heterocycles. The van der Waals surface area contributed by atoms with Crippen molar-refractivity contribution in [3.63, 3.8) is 0 Å². The third-order valence-corrected chi connectivity index (χ3v) is 5.83. The van der Waals surface area contributed by atoms with E-state index in [9.17, 15) is 4.79 Å². The zero-order valence-corrected chi connectivity index (χ0v) is 19.0. The van der Waals surface area contributed by atoms with E-state index >= 15 is 0 Å². The molecule has 3 rings (SSSR count). The molecule has 0 aliphatic rings. The van der Waals surface area contributed by atoms with Crippen molar-refractivity contribution in [3.8, 4) is 5.75 Å². The predicted molar refractivity (Wildman–Crippen MR) is 119 cm³/mol. The number of carbonyl (C=O) groups excluding carboxylic acids is 1. The van der Waals surface area contributed by atoms with E-state index in [4.69, 9.17) is 4.74 Å². The molecule has 0 spiro atoms. The van der Waals surface area contributed by atoms with Crippen LogP contribution in [0.15, 0.2) is 58.2 Å². The first-order valence-corrected chi connectivity index (χ1v) is 11.1. The number of rotatable bonds is 8. The number of halogens is 1. The minimum atomic E-state index is -0.259. The minimum absolute atomic E-state index is 0.0991. The first-order chi connectivity index (χ1) is 14.0. The van der Waals surface area contributed by atoms with Gasteiger partial charge in [-0.05, 0) is 49.2 Å². The summed E-state index contributed by atoms with van der Waals surface area (Å²) < 4.78 is 8.77. The quantitative estimate of drug-likeness (QED) is 0.464. The van der Waals surface area contributed by atoms with Crippen molar-refractivity contribution in [2.45, 2.75) is 31.5 Å². The molecule has 0 unspecified atom stereocenters. The van der Waals surface area contributed by atoms with Crippen LogP contribution in [0.1, 0.15) is 31.3 Å². The SMILES string of the molecule is CCc1ccc(O[C@@H](C)c2nnc(SCC(=O)Nc3cccc(Br)c3)n2C)cc1. The van der Waals surface area contributed by atoms with E-state index in [-0.39, 0.29) is 17.8 Å². The van der Waals surface area contributed by atoms with Gasteiger partial charge < -0.3 is 14.6 Å². The molecule has 0 aliphatic carbocycles. The zero-order valence-electron chi connectivity index (χ0n) is 16.6. The molecule has 29 heavy (non-hydrogen) atoms. The van der Waals surface area contributed by atoms with Gasteiger partial charge in [0.1, 0.15) is 5.75 Å². The average molecular weight is 475 g/mol. The van der Waals surface area contributed by atoms with Gasteiger partial charge in [-0.2, -0.15) is 0 Å². The van der Waals surface area contributed by atoms with Gasteiger partial charge in [0.15, 0.2) is 17.1 Å². The monoisotopic (exact) mass is 474 g/mol. The number of anilines is 1. The molecular weight excluding hydrogens is 452 g/mol. The smallest absolute Gasteiger partial charge is 0.234 e. The van der Waals surface area contributed by atoms with E-state index in [0.29, 0.717) is 11.0 Å². The summed E-state index contributed by atoms with van der Waals surface area (Å²) in [5.41, 5.74) is 2.02. The van der Waals surface area contributed by atoms with Crippen molar-refractivity contribution >= 4 is 39.3 Å². The molecule has 1 atom stereocenters. The number of nitrogens with one attached hydrogen (secondary N) is 1. The maximum Gasteiger partial charge on any atom is 0.234 e. The highest BCUT2D eigenvalue weighted by molar-refractivity contribution is 9.10. The molecule has 2 aromatic carbocycles. The Hall–Kier alpha value is -2.32. The largest absolute Gasteiger partial charge is 0.483 e. The van der Waals surface area contributed by atoms with Crippen molar-refractivity contribution in [2.75, 3.05) is 11.1 Å². The molecule has 0 fully saturated rings. The van der Waals surface area contributed by atoms with Crippen LogP contribution in [0.3, 0.4) is 0 Å². The van der Waals surface area contributed by atoms with E-state index in [1.807, 2.05) is 54.9 Å². The Labute approximate surface area is 183 Å². The van der Waals surface area contributed by atoms with Gasteiger partial charge in [0.05, 0.1) is 5.75 Å². The molecule has 1 N–H and O–H groups in total. The molecule has 0 bridgehead atoms. The van der Waals surface area contributed by atoms with Gasteiger partial charge in [-0.15, -0.1) is 10.2 Å². The van der Waals surface area contributed by atoms with E-state index in [2.05, 4.69) is 50.5 Å². The summed E-state index contributed by atoms with van der Waals surface area (Å²) in [4.78, 5) is 12.2. The highest BCUT2D eigenvalue weighted by atomic mass is 79.9. The summed E-state index contributed by atoms with van der Waals surface area (Å²) in [7, 11) is 1.88. The third-order valence-electron chi connectivity index (χ3n) is 4.32. The summed E-state index contributed by atoms with van der Waals surface area (Å²) in [5, 5.41) is 12.0. The second kappa shape index (κ2) is 9.93. The fourth-order valence-corrected chi connectivity index (χ4v) is 3.88. The summed E-state index contributed by atoms with van der Waals surface area (Å²) in [6, 6.07) is 15.5. The van der Waals surface area contributed by atoms with Gasteiger partial charge in [0, 0.05) is 17.2 Å². The van der Waals surface area contributed by atoms with E-state index in [0.717, 1.165) is 22.3 Å². The molecule has 6 nitrogen and oxygen atoms in total. The van der Waals surface area contributed by atoms with Crippen molar-refractivity contribution in [2.24, 2.45) is 7.05 Å². The summed E-state index contributed by atoms with van der Waals surface area (Å²) in [6.45, 7) is 4.06. The van der Waals surface area contributed by atoms with Gasteiger partial charge in [0.2, 0.25) is 5.91 Å². The molecule has 8 heteroatoms. The van der Waals surface area contributed by atoms with Crippen LogP contribution in [0.25, 0.3) is 0 Å². The van der Waals surface area contributed by atoms with Crippen LogP contribution >= 0.6 is 27.7 Å². The Bertz CT molecular complexity index is 975. The number of thioether (sulfide) groups is 1. The van der Waals surface area contributed by atoms with Gasteiger partial charge in [0.25, 0.3) is 0 Å². The fraction of sp³-hybridized carbons (Fsp3) is 0.286. The number of nitrogens with zero attached hydrogens (tertiary/aromatic N) is 3. The van der Waals surface area contributed by atoms with Crippen LogP contribution in [-0.4, -0.2) is 26.4 Å². The highest BCUT2D eigenvalue weighted by Gasteiger charge is 2.18. The second-order valence-corrected chi connectivity index (χ2v) is 8.36. The van der Waals surface area contributed by atoms with Gasteiger partial charge in [-0.1, -0.05) is 52.8 Å². The molecule has 0 radical (unpaired) electrons. The third kappa shape index (κ3) is 5.83.